The summed E-state index contributed by atoms with van der Waals surface area (Å²) in [6.45, 7) is 1.99. The van der Waals surface area contributed by atoms with Gasteiger partial charge in [0.15, 0.2) is 0 Å². The molecule has 0 saturated carbocycles. The second-order valence-electron chi connectivity index (χ2n) is 2.93. The number of carbonyl (C=O) groups is 1. The van der Waals surface area contributed by atoms with Crippen LogP contribution in [-0.4, -0.2) is 12.6 Å². The van der Waals surface area contributed by atoms with Gasteiger partial charge in [-0.15, -0.1) is 0 Å². The number of hydrogen-bond donors (Lipinski definition) is 0. The molecule has 0 unspecified atom stereocenters. The first-order chi connectivity index (χ1) is 7.67. The molecule has 0 bridgehead atoms. The van der Waals surface area contributed by atoms with Crippen molar-refractivity contribution in [1.29, 1.82) is 5.26 Å². The Morgan fingerprint density at radius 3 is 2.62 bits per heavy atom. The van der Waals surface area contributed by atoms with Gasteiger partial charge < -0.3 is 4.74 Å². The van der Waals surface area contributed by atoms with Crippen LogP contribution in [0.4, 0.5) is 0 Å². The van der Waals surface area contributed by atoms with Crippen LogP contribution in [0, 0.1) is 11.3 Å². The Morgan fingerprint density at radius 2 is 2.12 bits per heavy atom. The van der Waals surface area contributed by atoms with Crippen LogP contribution in [0.2, 0.25) is 5.02 Å². The fraction of sp³-hybridized carbons (Fsp3) is 0.167. The highest BCUT2D eigenvalue weighted by Crippen LogP contribution is 2.16. The second-order valence-corrected chi connectivity index (χ2v) is 3.37. The second kappa shape index (κ2) is 5.94. The predicted molar refractivity (Wildman–Crippen MR) is 61.7 cm³/mol. The quantitative estimate of drug-likeness (QED) is 0.460. The SMILES string of the molecule is CCOC(=O)/C=C(\C#N)c1ccc(Cl)cc1. The molecule has 3 nitrogen and oxygen atoms in total. The van der Waals surface area contributed by atoms with Gasteiger partial charge in [0.1, 0.15) is 6.07 Å². The van der Waals surface area contributed by atoms with Gasteiger partial charge in [-0.2, -0.15) is 5.26 Å². The molecule has 1 rings (SSSR count). The van der Waals surface area contributed by atoms with E-state index >= 15 is 0 Å². The summed E-state index contributed by atoms with van der Waals surface area (Å²) in [6, 6.07) is 8.62. The third-order valence-corrected chi connectivity index (χ3v) is 2.08. The standard InChI is InChI=1S/C12H10ClNO2/c1-2-16-12(15)7-10(8-14)9-3-5-11(13)6-4-9/h3-7H,2H2,1H3/b10-7+. The van der Waals surface area contributed by atoms with Gasteiger partial charge in [0, 0.05) is 11.1 Å². The summed E-state index contributed by atoms with van der Waals surface area (Å²) < 4.78 is 4.73. The minimum Gasteiger partial charge on any atom is -0.463 e. The summed E-state index contributed by atoms with van der Waals surface area (Å²) in [5, 5.41) is 9.49. The normalized spacial score (nSPS) is 10.7. The summed E-state index contributed by atoms with van der Waals surface area (Å²) in [7, 11) is 0. The molecule has 1 aromatic carbocycles. The van der Waals surface area contributed by atoms with Crippen molar-refractivity contribution in [3.8, 4) is 6.07 Å². The van der Waals surface area contributed by atoms with Crippen molar-refractivity contribution in [3.05, 3.63) is 40.9 Å². The number of nitriles is 1. The maximum absolute atomic E-state index is 11.2. The van der Waals surface area contributed by atoms with Crippen molar-refractivity contribution in [2.24, 2.45) is 0 Å². The Bertz CT molecular complexity index is 443. The molecule has 4 heteroatoms. The molecule has 16 heavy (non-hydrogen) atoms. The number of halogens is 1. The minimum absolute atomic E-state index is 0.259. The monoisotopic (exact) mass is 235 g/mol. The van der Waals surface area contributed by atoms with Crippen LogP contribution in [0.25, 0.3) is 5.57 Å². The minimum atomic E-state index is -0.519. The fourth-order valence-electron chi connectivity index (χ4n) is 1.11. The van der Waals surface area contributed by atoms with Crippen LogP contribution in [0.3, 0.4) is 0 Å². The summed E-state index contributed by atoms with van der Waals surface area (Å²) in [5.74, 6) is -0.519. The third kappa shape index (κ3) is 3.41. The van der Waals surface area contributed by atoms with Gasteiger partial charge in [0.05, 0.1) is 12.2 Å². The van der Waals surface area contributed by atoms with E-state index in [2.05, 4.69) is 0 Å². The van der Waals surface area contributed by atoms with Crippen molar-refractivity contribution < 1.29 is 9.53 Å². The van der Waals surface area contributed by atoms with Crippen LogP contribution >= 0.6 is 11.6 Å². The predicted octanol–water partition coefficient (Wildman–Crippen LogP) is 2.81. The zero-order valence-corrected chi connectivity index (χ0v) is 9.49. The van der Waals surface area contributed by atoms with Crippen molar-refractivity contribution in [1.82, 2.24) is 0 Å². The highest BCUT2D eigenvalue weighted by molar-refractivity contribution is 6.30. The maximum Gasteiger partial charge on any atom is 0.332 e. The molecule has 1 aromatic rings. The molecule has 0 N–H and O–H groups in total. The highest BCUT2D eigenvalue weighted by atomic mass is 35.5. The number of esters is 1. The first kappa shape index (κ1) is 12.3. The number of nitrogens with zero attached hydrogens (tertiary/aromatic N) is 1. The molecular formula is C12H10ClNO2. The number of rotatable bonds is 3. The molecule has 0 aromatic heterocycles. The van der Waals surface area contributed by atoms with Crippen molar-refractivity contribution in [2.75, 3.05) is 6.61 Å². The summed E-state index contributed by atoms with van der Waals surface area (Å²) in [4.78, 5) is 11.2. The molecule has 82 valence electrons. The van der Waals surface area contributed by atoms with Crippen molar-refractivity contribution >= 4 is 23.1 Å². The van der Waals surface area contributed by atoms with Gasteiger partial charge in [-0.1, -0.05) is 23.7 Å². The van der Waals surface area contributed by atoms with Crippen molar-refractivity contribution in [2.45, 2.75) is 6.92 Å². The van der Waals surface area contributed by atoms with Crippen molar-refractivity contribution in [3.63, 3.8) is 0 Å². The molecule has 0 spiro atoms. The Kier molecular flexibility index (Phi) is 4.56. The number of hydrogen-bond acceptors (Lipinski definition) is 3. The van der Waals surface area contributed by atoms with E-state index < -0.39 is 5.97 Å². The summed E-state index contributed by atoms with van der Waals surface area (Å²) >= 11 is 5.72. The zero-order chi connectivity index (χ0) is 12.0. The summed E-state index contributed by atoms with van der Waals surface area (Å²) in [6.07, 6.45) is 1.17. The number of ether oxygens (including phenoxy) is 1. The Morgan fingerprint density at radius 1 is 1.50 bits per heavy atom. The fourth-order valence-corrected chi connectivity index (χ4v) is 1.24. The molecule has 0 fully saturated rings. The van der Waals surface area contributed by atoms with E-state index in [-0.39, 0.29) is 12.2 Å². The Balaban J connectivity index is 2.95. The van der Waals surface area contributed by atoms with E-state index in [0.29, 0.717) is 10.6 Å². The number of allylic oxidation sites excluding steroid dienone is 1. The van der Waals surface area contributed by atoms with Gasteiger partial charge in [-0.05, 0) is 24.6 Å². The zero-order valence-electron chi connectivity index (χ0n) is 8.74. The van der Waals surface area contributed by atoms with Crippen LogP contribution < -0.4 is 0 Å². The van der Waals surface area contributed by atoms with E-state index in [1.807, 2.05) is 6.07 Å². The molecule has 0 atom stereocenters. The molecule has 0 aliphatic rings. The van der Waals surface area contributed by atoms with Gasteiger partial charge in [-0.3, -0.25) is 0 Å². The van der Waals surface area contributed by atoms with Crippen LogP contribution in [0.1, 0.15) is 12.5 Å². The highest BCUT2D eigenvalue weighted by Gasteiger charge is 2.04. The molecule has 0 saturated heterocycles. The Labute approximate surface area is 98.9 Å². The molecule has 0 aliphatic heterocycles. The van der Waals surface area contributed by atoms with Gasteiger partial charge in [-0.25, -0.2) is 4.79 Å². The number of carbonyl (C=O) groups excluding carboxylic acids is 1. The van der Waals surface area contributed by atoms with Gasteiger partial charge in [0.25, 0.3) is 0 Å². The largest absolute Gasteiger partial charge is 0.463 e. The topological polar surface area (TPSA) is 50.1 Å². The lowest BCUT2D eigenvalue weighted by Crippen LogP contribution is -2.00. The van der Waals surface area contributed by atoms with Crippen LogP contribution in [0.5, 0.6) is 0 Å². The molecule has 0 radical (unpaired) electrons. The lowest BCUT2D eigenvalue weighted by Gasteiger charge is -1.99. The van der Waals surface area contributed by atoms with E-state index in [1.165, 1.54) is 6.08 Å². The van der Waals surface area contributed by atoms with Gasteiger partial charge >= 0.3 is 5.97 Å². The Hall–Kier alpha value is -1.79. The smallest absolute Gasteiger partial charge is 0.332 e. The molecule has 0 heterocycles. The maximum atomic E-state index is 11.2. The first-order valence-corrected chi connectivity index (χ1v) is 5.09. The molecule has 0 aliphatic carbocycles. The average molecular weight is 236 g/mol. The van der Waals surface area contributed by atoms with E-state index in [0.717, 1.165) is 0 Å². The van der Waals surface area contributed by atoms with Gasteiger partial charge in [0.2, 0.25) is 0 Å². The van der Waals surface area contributed by atoms with Crippen LogP contribution in [-0.2, 0) is 9.53 Å². The molecule has 0 amide bonds. The van der Waals surface area contributed by atoms with Crippen LogP contribution in [0.15, 0.2) is 30.3 Å². The van der Waals surface area contributed by atoms with E-state index in [9.17, 15) is 4.79 Å². The van der Waals surface area contributed by atoms with E-state index in [1.54, 1.807) is 31.2 Å². The average Bonchev–Trinajstić information content (AvgIpc) is 2.27. The third-order valence-electron chi connectivity index (χ3n) is 1.82. The molecular weight excluding hydrogens is 226 g/mol. The lowest BCUT2D eigenvalue weighted by molar-refractivity contribution is -0.137. The first-order valence-electron chi connectivity index (χ1n) is 4.72. The van der Waals surface area contributed by atoms with E-state index in [4.69, 9.17) is 21.6 Å². The lowest BCUT2D eigenvalue weighted by atomic mass is 10.1. The number of benzene rings is 1. The summed E-state index contributed by atoms with van der Waals surface area (Å²) in [5.41, 5.74) is 0.898.